The van der Waals surface area contributed by atoms with Crippen LogP contribution < -0.4 is 5.32 Å². The Morgan fingerprint density at radius 2 is 1.78 bits per heavy atom. The zero-order valence-corrected chi connectivity index (χ0v) is 14.1. The fourth-order valence-corrected chi connectivity index (χ4v) is 2.28. The van der Waals surface area contributed by atoms with Gasteiger partial charge in [-0.15, -0.1) is 0 Å². The zero-order chi connectivity index (χ0) is 16.8. The van der Waals surface area contributed by atoms with Crippen molar-refractivity contribution >= 4 is 11.7 Å². The number of likely N-dealkylation sites (N-methyl/N-ethyl adjacent to an activating group) is 1. The van der Waals surface area contributed by atoms with Gasteiger partial charge in [-0.2, -0.15) is 0 Å². The number of rotatable bonds is 6. The van der Waals surface area contributed by atoms with Crippen LogP contribution in [0.25, 0.3) is 11.4 Å². The highest BCUT2D eigenvalue weighted by atomic mass is 16.2. The number of nitrogens with one attached hydrogen (secondary N) is 1. The van der Waals surface area contributed by atoms with Gasteiger partial charge < -0.3 is 10.2 Å². The molecule has 0 fully saturated rings. The number of nitrogens with zero attached hydrogens (tertiary/aromatic N) is 4. The minimum atomic E-state index is 0.0659. The van der Waals surface area contributed by atoms with Crippen molar-refractivity contribution in [2.24, 2.45) is 0 Å². The Hall–Kier alpha value is -2.50. The summed E-state index contributed by atoms with van der Waals surface area (Å²) in [6.45, 7) is 9.50. The number of hydrogen-bond acceptors (Lipinski definition) is 5. The van der Waals surface area contributed by atoms with Gasteiger partial charge in [0, 0.05) is 42.3 Å². The highest BCUT2D eigenvalue weighted by Gasteiger charge is 2.13. The highest BCUT2D eigenvalue weighted by Crippen LogP contribution is 2.21. The van der Waals surface area contributed by atoms with Gasteiger partial charge in [0.1, 0.15) is 5.82 Å². The lowest BCUT2D eigenvalue weighted by Crippen LogP contribution is -2.35. The molecule has 0 saturated heterocycles. The number of hydrogen-bond donors (Lipinski definition) is 1. The van der Waals surface area contributed by atoms with Crippen LogP contribution in [-0.2, 0) is 4.79 Å². The molecule has 2 aromatic heterocycles. The third kappa shape index (κ3) is 4.03. The molecule has 2 heterocycles. The Balaban J connectivity index is 2.22. The summed E-state index contributed by atoms with van der Waals surface area (Å²) in [6.07, 6.45) is 3.43. The topological polar surface area (TPSA) is 71.0 Å². The minimum Gasteiger partial charge on any atom is -0.361 e. The van der Waals surface area contributed by atoms with E-state index in [0.29, 0.717) is 24.7 Å². The number of carbonyl (C=O) groups is 1. The summed E-state index contributed by atoms with van der Waals surface area (Å²) in [5.74, 6) is 1.40. The van der Waals surface area contributed by atoms with Crippen LogP contribution in [0.1, 0.15) is 25.1 Å². The van der Waals surface area contributed by atoms with Crippen molar-refractivity contribution < 1.29 is 4.79 Å². The number of aromatic nitrogens is 3. The van der Waals surface area contributed by atoms with E-state index in [1.54, 1.807) is 17.3 Å². The van der Waals surface area contributed by atoms with Gasteiger partial charge in [-0.05, 0) is 39.8 Å². The van der Waals surface area contributed by atoms with E-state index in [4.69, 9.17) is 0 Å². The van der Waals surface area contributed by atoms with Gasteiger partial charge in [0.15, 0.2) is 5.82 Å². The molecule has 0 aromatic carbocycles. The second-order valence-corrected chi connectivity index (χ2v) is 5.26. The van der Waals surface area contributed by atoms with E-state index in [2.05, 4.69) is 20.3 Å². The van der Waals surface area contributed by atoms with E-state index >= 15 is 0 Å². The molecule has 122 valence electrons. The second-order valence-electron chi connectivity index (χ2n) is 5.26. The Labute approximate surface area is 137 Å². The molecule has 0 unspecified atom stereocenters. The van der Waals surface area contributed by atoms with Crippen LogP contribution in [0.15, 0.2) is 24.5 Å². The van der Waals surface area contributed by atoms with Crippen molar-refractivity contribution in [2.75, 3.05) is 25.0 Å². The first-order valence-corrected chi connectivity index (χ1v) is 7.84. The predicted molar refractivity (Wildman–Crippen MR) is 91.2 cm³/mol. The van der Waals surface area contributed by atoms with Crippen LogP contribution in [0.2, 0.25) is 0 Å². The highest BCUT2D eigenvalue weighted by molar-refractivity contribution is 5.80. The van der Waals surface area contributed by atoms with Crippen LogP contribution in [-0.4, -0.2) is 45.4 Å². The largest absolute Gasteiger partial charge is 0.361 e. The Bertz CT molecular complexity index is 668. The zero-order valence-electron chi connectivity index (χ0n) is 14.1. The number of aryl methyl sites for hydroxylation is 1. The molecular formula is C17H23N5O. The normalized spacial score (nSPS) is 10.4. The molecule has 0 aliphatic carbocycles. The SMILES string of the molecule is CCN(CC)C(=O)CNc1nc(-c2ccncc2)nc(C)c1C. The summed E-state index contributed by atoms with van der Waals surface area (Å²) >= 11 is 0. The first-order valence-electron chi connectivity index (χ1n) is 7.84. The fourth-order valence-electron chi connectivity index (χ4n) is 2.28. The Kier molecular flexibility index (Phi) is 5.62. The van der Waals surface area contributed by atoms with Crippen molar-refractivity contribution in [2.45, 2.75) is 27.7 Å². The lowest BCUT2D eigenvalue weighted by Gasteiger charge is -2.19. The second kappa shape index (κ2) is 7.67. The molecule has 0 saturated carbocycles. The molecule has 0 spiro atoms. The summed E-state index contributed by atoms with van der Waals surface area (Å²) in [6, 6.07) is 3.74. The molecular weight excluding hydrogens is 290 g/mol. The summed E-state index contributed by atoms with van der Waals surface area (Å²) in [7, 11) is 0. The molecule has 6 heteroatoms. The van der Waals surface area contributed by atoms with Gasteiger partial charge in [-0.25, -0.2) is 9.97 Å². The average molecular weight is 313 g/mol. The lowest BCUT2D eigenvalue weighted by molar-refractivity contribution is -0.128. The van der Waals surface area contributed by atoms with Gasteiger partial charge in [-0.1, -0.05) is 0 Å². The van der Waals surface area contributed by atoms with Gasteiger partial charge in [0.25, 0.3) is 0 Å². The number of pyridine rings is 1. The van der Waals surface area contributed by atoms with Crippen molar-refractivity contribution in [3.8, 4) is 11.4 Å². The molecule has 2 aromatic rings. The molecule has 0 aliphatic heterocycles. The number of carbonyl (C=O) groups excluding carboxylic acids is 1. The fraction of sp³-hybridized carbons (Fsp3) is 0.412. The van der Waals surface area contributed by atoms with Gasteiger partial charge >= 0.3 is 0 Å². The molecule has 0 atom stereocenters. The van der Waals surface area contributed by atoms with Crippen molar-refractivity contribution in [3.63, 3.8) is 0 Å². The molecule has 2 rings (SSSR count). The van der Waals surface area contributed by atoms with Crippen molar-refractivity contribution in [1.29, 1.82) is 0 Å². The number of amides is 1. The molecule has 0 radical (unpaired) electrons. The van der Waals surface area contributed by atoms with Crippen LogP contribution >= 0.6 is 0 Å². The Morgan fingerprint density at radius 1 is 1.13 bits per heavy atom. The Morgan fingerprint density at radius 3 is 2.39 bits per heavy atom. The summed E-state index contributed by atoms with van der Waals surface area (Å²) < 4.78 is 0. The van der Waals surface area contributed by atoms with Gasteiger partial charge in [-0.3, -0.25) is 9.78 Å². The maximum absolute atomic E-state index is 12.1. The molecule has 0 bridgehead atoms. The van der Waals surface area contributed by atoms with Crippen LogP contribution in [0.3, 0.4) is 0 Å². The molecule has 23 heavy (non-hydrogen) atoms. The smallest absolute Gasteiger partial charge is 0.241 e. The summed E-state index contributed by atoms with van der Waals surface area (Å²) in [4.78, 5) is 27.0. The third-order valence-corrected chi connectivity index (χ3v) is 3.85. The number of anilines is 1. The maximum Gasteiger partial charge on any atom is 0.241 e. The van der Waals surface area contributed by atoms with Crippen LogP contribution in [0.4, 0.5) is 5.82 Å². The molecule has 1 amide bonds. The average Bonchev–Trinajstić information content (AvgIpc) is 2.58. The van der Waals surface area contributed by atoms with Gasteiger partial charge in [0.05, 0.1) is 6.54 Å². The lowest BCUT2D eigenvalue weighted by atomic mass is 10.2. The predicted octanol–water partition coefficient (Wildman–Crippen LogP) is 2.44. The molecule has 0 aliphatic rings. The van der Waals surface area contributed by atoms with E-state index in [9.17, 15) is 4.79 Å². The van der Waals surface area contributed by atoms with Gasteiger partial charge in [0.2, 0.25) is 5.91 Å². The van der Waals surface area contributed by atoms with Crippen LogP contribution in [0.5, 0.6) is 0 Å². The van der Waals surface area contributed by atoms with E-state index in [0.717, 1.165) is 16.8 Å². The van der Waals surface area contributed by atoms with E-state index < -0.39 is 0 Å². The summed E-state index contributed by atoms with van der Waals surface area (Å²) in [5.41, 5.74) is 2.75. The third-order valence-electron chi connectivity index (χ3n) is 3.85. The standard InChI is InChI=1S/C17H23N5O/c1-5-22(6-2)15(23)11-19-16-12(3)13(4)20-17(21-16)14-7-9-18-10-8-14/h7-10H,5-6,11H2,1-4H3,(H,19,20,21). The van der Waals surface area contributed by atoms with Crippen molar-refractivity contribution in [3.05, 3.63) is 35.8 Å². The maximum atomic E-state index is 12.1. The summed E-state index contributed by atoms with van der Waals surface area (Å²) in [5, 5.41) is 3.15. The first-order chi connectivity index (χ1) is 11.1. The first kappa shape index (κ1) is 16.9. The quantitative estimate of drug-likeness (QED) is 0.887. The monoisotopic (exact) mass is 313 g/mol. The van der Waals surface area contributed by atoms with E-state index in [-0.39, 0.29) is 12.5 Å². The van der Waals surface area contributed by atoms with E-state index in [1.807, 2.05) is 39.8 Å². The molecule has 6 nitrogen and oxygen atoms in total. The van der Waals surface area contributed by atoms with Crippen LogP contribution in [0, 0.1) is 13.8 Å². The molecule has 1 N–H and O–H groups in total. The van der Waals surface area contributed by atoms with E-state index in [1.165, 1.54) is 0 Å². The minimum absolute atomic E-state index is 0.0659. The van der Waals surface area contributed by atoms with Crippen molar-refractivity contribution in [1.82, 2.24) is 19.9 Å².